The van der Waals surface area contributed by atoms with Gasteiger partial charge in [0.05, 0.1) is 11.6 Å². The summed E-state index contributed by atoms with van der Waals surface area (Å²) in [4.78, 5) is 32.1. The number of aromatic nitrogens is 1. The molecular weight excluding hydrogens is 476 g/mol. The molecule has 7 heteroatoms. The number of Topliss-reactive ketones (excluding diaryl/α,β-unsaturated/α-hetero) is 1. The summed E-state index contributed by atoms with van der Waals surface area (Å²) in [5.74, 6) is -0.532. The van der Waals surface area contributed by atoms with E-state index in [9.17, 15) is 14.7 Å². The number of ether oxygens (including phenoxy) is 1. The number of nitrogens with zero attached hydrogens (tertiary/aromatic N) is 2. The predicted octanol–water partition coefficient (Wildman–Crippen LogP) is 6.15. The molecule has 4 aromatic rings. The Hall–Kier alpha value is -4.42. The number of halogens is 1. The van der Waals surface area contributed by atoms with Gasteiger partial charge in [0.2, 0.25) is 0 Å². The van der Waals surface area contributed by atoms with Crippen molar-refractivity contribution in [3.63, 3.8) is 0 Å². The maximum Gasteiger partial charge on any atom is 0.295 e. The van der Waals surface area contributed by atoms with E-state index in [0.717, 1.165) is 5.56 Å². The molecule has 0 saturated carbocycles. The Labute approximate surface area is 213 Å². The summed E-state index contributed by atoms with van der Waals surface area (Å²) in [6, 6.07) is 25.7. The van der Waals surface area contributed by atoms with E-state index in [0.29, 0.717) is 27.6 Å². The van der Waals surface area contributed by atoms with Crippen LogP contribution in [-0.4, -0.2) is 26.7 Å². The molecule has 0 aliphatic carbocycles. The van der Waals surface area contributed by atoms with Gasteiger partial charge in [-0.3, -0.25) is 14.6 Å². The van der Waals surface area contributed by atoms with E-state index in [1.807, 2.05) is 36.4 Å². The number of benzene rings is 3. The van der Waals surface area contributed by atoms with Gasteiger partial charge in [0.25, 0.3) is 11.7 Å². The molecule has 0 bridgehead atoms. The monoisotopic (exact) mass is 496 g/mol. The molecule has 0 radical (unpaired) electrons. The van der Waals surface area contributed by atoms with Gasteiger partial charge >= 0.3 is 0 Å². The van der Waals surface area contributed by atoms with Gasteiger partial charge in [0.1, 0.15) is 17.3 Å². The topological polar surface area (TPSA) is 79.7 Å². The molecule has 3 aromatic carbocycles. The van der Waals surface area contributed by atoms with Crippen molar-refractivity contribution >= 4 is 29.1 Å². The number of aliphatic hydroxyl groups excluding tert-OH is 1. The van der Waals surface area contributed by atoms with Crippen molar-refractivity contribution in [2.75, 3.05) is 0 Å². The lowest BCUT2D eigenvalue weighted by molar-refractivity contribution is -0.140. The molecule has 178 valence electrons. The van der Waals surface area contributed by atoms with Crippen LogP contribution in [-0.2, 0) is 16.1 Å². The molecule has 2 heterocycles. The quantitative estimate of drug-likeness (QED) is 0.197. The molecular formula is C29H21ClN2O4. The van der Waals surface area contributed by atoms with Gasteiger partial charge in [-0.05, 0) is 65.7 Å². The van der Waals surface area contributed by atoms with Crippen LogP contribution in [0.3, 0.4) is 0 Å². The molecule has 1 saturated heterocycles. The third-order valence-corrected chi connectivity index (χ3v) is 6.14. The van der Waals surface area contributed by atoms with Gasteiger partial charge in [-0.25, -0.2) is 0 Å². The number of amides is 1. The summed E-state index contributed by atoms with van der Waals surface area (Å²) in [6.07, 6.45) is 3.28. The van der Waals surface area contributed by atoms with E-state index >= 15 is 0 Å². The highest BCUT2D eigenvalue weighted by Crippen LogP contribution is 2.41. The molecule has 1 aliphatic rings. The number of likely N-dealkylation sites (tertiary alicyclic amines) is 1. The van der Waals surface area contributed by atoms with E-state index < -0.39 is 17.7 Å². The number of hydrogen-bond donors (Lipinski definition) is 1. The van der Waals surface area contributed by atoms with Crippen molar-refractivity contribution in [1.82, 2.24) is 9.88 Å². The Balaban J connectivity index is 1.61. The summed E-state index contributed by atoms with van der Waals surface area (Å²) >= 11 is 6.00. The van der Waals surface area contributed by atoms with E-state index in [1.54, 1.807) is 67.0 Å². The van der Waals surface area contributed by atoms with E-state index in [1.165, 1.54) is 4.90 Å². The molecule has 1 fully saturated rings. The Morgan fingerprint density at radius 3 is 2.39 bits per heavy atom. The van der Waals surface area contributed by atoms with Crippen LogP contribution in [0.5, 0.6) is 11.5 Å². The van der Waals surface area contributed by atoms with Gasteiger partial charge in [-0.2, -0.15) is 0 Å². The fraction of sp³-hybridized carbons (Fsp3) is 0.0690. The second-order valence-corrected chi connectivity index (χ2v) is 8.72. The molecule has 1 unspecified atom stereocenters. The first-order chi connectivity index (χ1) is 17.5. The lowest BCUT2D eigenvalue weighted by Crippen LogP contribution is -2.29. The molecule has 1 N–H and O–H groups in total. The lowest BCUT2D eigenvalue weighted by atomic mass is 9.95. The molecule has 36 heavy (non-hydrogen) atoms. The van der Waals surface area contributed by atoms with Crippen molar-refractivity contribution in [3.8, 4) is 11.5 Å². The molecule has 1 aliphatic heterocycles. The summed E-state index contributed by atoms with van der Waals surface area (Å²) in [7, 11) is 0. The van der Waals surface area contributed by atoms with Gasteiger partial charge in [0, 0.05) is 29.5 Å². The van der Waals surface area contributed by atoms with Crippen molar-refractivity contribution in [3.05, 3.63) is 131 Å². The maximum atomic E-state index is 13.3. The van der Waals surface area contributed by atoms with Gasteiger partial charge in [-0.15, -0.1) is 0 Å². The number of para-hydroxylation sites is 1. The van der Waals surface area contributed by atoms with Gasteiger partial charge < -0.3 is 14.7 Å². The average molecular weight is 497 g/mol. The number of carbonyl (C=O) groups is 2. The summed E-state index contributed by atoms with van der Waals surface area (Å²) in [5.41, 5.74) is 1.78. The zero-order valence-electron chi connectivity index (χ0n) is 19.0. The molecule has 1 atom stereocenters. The molecule has 0 spiro atoms. The largest absolute Gasteiger partial charge is 0.507 e. The van der Waals surface area contributed by atoms with Crippen molar-refractivity contribution in [2.45, 2.75) is 12.6 Å². The Morgan fingerprint density at radius 2 is 1.67 bits per heavy atom. The minimum Gasteiger partial charge on any atom is -0.507 e. The van der Waals surface area contributed by atoms with Crippen LogP contribution in [0.2, 0.25) is 5.02 Å². The first kappa shape index (κ1) is 23.3. The van der Waals surface area contributed by atoms with E-state index in [4.69, 9.17) is 16.3 Å². The van der Waals surface area contributed by atoms with Gasteiger partial charge in [0.15, 0.2) is 0 Å². The van der Waals surface area contributed by atoms with Crippen molar-refractivity contribution in [1.29, 1.82) is 0 Å². The highest BCUT2D eigenvalue weighted by molar-refractivity contribution is 6.46. The number of ketones is 1. The fourth-order valence-corrected chi connectivity index (χ4v) is 4.34. The zero-order valence-corrected chi connectivity index (χ0v) is 19.8. The maximum absolute atomic E-state index is 13.3. The third-order valence-electron chi connectivity index (χ3n) is 5.89. The second-order valence-electron chi connectivity index (χ2n) is 8.28. The molecule has 1 amide bonds. The predicted molar refractivity (Wildman–Crippen MR) is 136 cm³/mol. The third kappa shape index (κ3) is 4.72. The zero-order chi connectivity index (χ0) is 25.1. The van der Waals surface area contributed by atoms with Crippen LogP contribution in [0.15, 0.2) is 109 Å². The molecule has 6 nitrogen and oxygen atoms in total. The minimum absolute atomic E-state index is 0.00285. The first-order valence-corrected chi connectivity index (χ1v) is 11.6. The Kier molecular flexibility index (Phi) is 6.52. The lowest BCUT2D eigenvalue weighted by Gasteiger charge is -2.25. The van der Waals surface area contributed by atoms with Crippen LogP contribution in [0.4, 0.5) is 0 Å². The van der Waals surface area contributed by atoms with Crippen molar-refractivity contribution < 1.29 is 19.4 Å². The number of rotatable bonds is 6. The highest BCUT2D eigenvalue weighted by atomic mass is 35.5. The summed E-state index contributed by atoms with van der Waals surface area (Å²) in [5, 5.41) is 11.7. The van der Waals surface area contributed by atoms with E-state index in [-0.39, 0.29) is 17.9 Å². The van der Waals surface area contributed by atoms with E-state index in [2.05, 4.69) is 4.98 Å². The molecule has 5 rings (SSSR count). The number of carbonyl (C=O) groups excluding carboxylic acids is 2. The standard InChI is InChI=1S/C29H21ClN2O4/c30-22-13-11-20(12-14-22)27(33)25-26(32(29(35)28(25)34)18-19-6-5-15-31-17-19)21-7-4-10-24(16-21)36-23-8-2-1-3-9-23/h1-17,26,33H,18H2/b27-25+. The Bertz CT molecular complexity index is 1440. The average Bonchev–Trinajstić information content (AvgIpc) is 3.15. The Morgan fingerprint density at radius 1 is 0.917 bits per heavy atom. The van der Waals surface area contributed by atoms with Crippen LogP contribution in [0.1, 0.15) is 22.7 Å². The summed E-state index contributed by atoms with van der Waals surface area (Å²) < 4.78 is 5.99. The first-order valence-electron chi connectivity index (χ1n) is 11.3. The number of pyridine rings is 1. The smallest absolute Gasteiger partial charge is 0.295 e. The minimum atomic E-state index is -0.833. The number of aliphatic hydroxyl groups is 1. The van der Waals surface area contributed by atoms with Crippen LogP contribution in [0, 0.1) is 0 Å². The van der Waals surface area contributed by atoms with Crippen LogP contribution >= 0.6 is 11.6 Å². The highest BCUT2D eigenvalue weighted by Gasteiger charge is 2.46. The van der Waals surface area contributed by atoms with Crippen molar-refractivity contribution in [2.24, 2.45) is 0 Å². The number of hydrogen-bond acceptors (Lipinski definition) is 5. The van der Waals surface area contributed by atoms with Crippen LogP contribution in [0.25, 0.3) is 5.76 Å². The summed E-state index contributed by atoms with van der Waals surface area (Å²) in [6.45, 7) is 0.143. The van der Waals surface area contributed by atoms with Crippen LogP contribution < -0.4 is 4.74 Å². The SMILES string of the molecule is O=C1C(=O)N(Cc2cccnc2)C(c2cccc(Oc3ccccc3)c2)/C1=C(\O)c1ccc(Cl)cc1. The van der Waals surface area contributed by atoms with Gasteiger partial charge in [-0.1, -0.05) is 48.0 Å². The second kappa shape index (κ2) is 10.1. The normalized spacial score (nSPS) is 16.8. The molecule has 1 aromatic heterocycles. The fourth-order valence-electron chi connectivity index (χ4n) is 4.21.